The molecule has 0 unspecified atom stereocenters. The highest BCUT2D eigenvalue weighted by molar-refractivity contribution is 9.10. The van der Waals surface area contributed by atoms with Crippen molar-refractivity contribution in [3.8, 4) is 11.5 Å². The zero-order chi connectivity index (χ0) is 19.6. The van der Waals surface area contributed by atoms with E-state index in [1.807, 2.05) is 32.0 Å². The van der Waals surface area contributed by atoms with Crippen LogP contribution >= 0.6 is 39.3 Å². The summed E-state index contributed by atoms with van der Waals surface area (Å²) >= 11 is 10.7. The zero-order valence-electron chi connectivity index (χ0n) is 15.0. The molecular formula is C19H20BrClN2O3S. The minimum atomic E-state index is -0.200. The van der Waals surface area contributed by atoms with E-state index in [9.17, 15) is 4.79 Å². The van der Waals surface area contributed by atoms with Crippen LogP contribution in [0.4, 0.5) is 0 Å². The number of carbonyl (C=O) groups excluding carboxylic acids is 1. The van der Waals surface area contributed by atoms with Gasteiger partial charge in [0.15, 0.2) is 0 Å². The molecule has 27 heavy (non-hydrogen) atoms. The Kier molecular flexibility index (Phi) is 8.97. The van der Waals surface area contributed by atoms with Crippen molar-refractivity contribution in [2.24, 2.45) is 5.10 Å². The Morgan fingerprint density at radius 2 is 1.85 bits per heavy atom. The summed E-state index contributed by atoms with van der Waals surface area (Å²) in [5.74, 6) is 1.39. The Balaban J connectivity index is 1.96. The molecule has 0 aromatic heterocycles. The molecular weight excluding hydrogens is 452 g/mol. The van der Waals surface area contributed by atoms with Crippen LogP contribution in [-0.2, 0) is 4.79 Å². The second-order valence-corrected chi connectivity index (χ2v) is 7.56. The molecule has 8 heteroatoms. The predicted octanol–water partition coefficient (Wildman–Crippen LogP) is 5.14. The van der Waals surface area contributed by atoms with Crippen molar-refractivity contribution in [1.82, 2.24) is 5.43 Å². The number of hydrazone groups is 1. The number of hydrogen-bond donors (Lipinski definition) is 1. The van der Waals surface area contributed by atoms with Crippen molar-refractivity contribution >= 4 is 51.4 Å². The van der Waals surface area contributed by atoms with Gasteiger partial charge in [0.25, 0.3) is 0 Å². The lowest BCUT2D eigenvalue weighted by Gasteiger charge is -2.12. The summed E-state index contributed by atoms with van der Waals surface area (Å²) in [6, 6.07) is 11.0. The molecule has 0 aliphatic rings. The smallest absolute Gasteiger partial charge is 0.250 e. The third kappa shape index (κ3) is 7.08. The molecule has 0 saturated heterocycles. The Bertz CT molecular complexity index is 800. The Morgan fingerprint density at radius 1 is 1.19 bits per heavy atom. The predicted molar refractivity (Wildman–Crippen MR) is 114 cm³/mol. The summed E-state index contributed by atoms with van der Waals surface area (Å²) < 4.78 is 12.0. The molecule has 2 aromatic rings. The third-order valence-corrected chi connectivity index (χ3v) is 5.12. The molecule has 0 aliphatic carbocycles. The third-order valence-electron chi connectivity index (χ3n) is 3.24. The first-order chi connectivity index (χ1) is 13.0. The summed E-state index contributed by atoms with van der Waals surface area (Å²) in [6.45, 7) is 4.88. The summed E-state index contributed by atoms with van der Waals surface area (Å²) in [5, 5.41) is 4.69. The van der Waals surface area contributed by atoms with E-state index >= 15 is 0 Å². The van der Waals surface area contributed by atoms with Gasteiger partial charge >= 0.3 is 0 Å². The number of carbonyl (C=O) groups is 1. The first-order valence-electron chi connectivity index (χ1n) is 8.32. The van der Waals surface area contributed by atoms with Crippen LogP contribution in [0, 0.1) is 0 Å². The van der Waals surface area contributed by atoms with Crippen LogP contribution in [0.5, 0.6) is 11.5 Å². The van der Waals surface area contributed by atoms with Crippen LogP contribution in [0.3, 0.4) is 0 Å². The average Bonchev–Trinajstić information content (AvgIpc) is 2.65. The molecule has 0 atom stereocenters. The van der Waals surface area contributed by atoms with Crippen LogP contribution in [0.15, 0.2) is 50.9 Å². The highest BCUT2D eigenvalue weighted by atomic mass is 79.9. The largest absolute Gasteiger partial charge is 0.493 e. The molecule has 2 aromatic carbocycles. The quantitative estimate of drug-likeness (QED) is 0.312. The van der Waals surface area contributed by atoms with Crippen LogP contribution in [0.25, 0.3) is 0 Å². The average molecular weight is 472 g/mol. The minimum absolute atomic E-state index is 0.200. The summed E-state index contributed by atoms with van der Waals surface area (Å²) in [5.41, 5.74) is 3.26. The number of amides is 1. The van der Waals surface area contributed by atoms with E-state index in [1.165, 1.54) is 11.8 Å². The number of benzene rings is 2. The molecule has 0 spiro atoms. The van der Waals surface area contributed by atoms with Crippen LogP contribution in [0.2, 0.25) is 5.02 Å². The minimum Gasteiger partial charge on any atom is -0.493 e. The van der Waals surface area contributed by atoms with Gasteiger partial charge in [-0.05, 0) is 60.1 Å². The fourth-order valence-corrected chi connectivity index (χ4v) is 3.38. The van der Waals surface area contributed by atoms with Gasteiger partial charge in [-0.15, -0.1) is 11.8 Å². The lowest BCUT2D eigenvalue weighted by Crippen LogP contribution is -2.19. The first-order valence-corrected chi connectivity index (χ1v) is 10.5. The van der Waals surface area contributed by atoms with Gasteiger partial charge in [0.1, 0.15) is 11.5 Å². The van der Waals surface area contributed by atoms with Crippen molar-refractivity contribution < 1.29 is 14.3 Å². The maximum Gasteiger partial charge on any atom is 0.250 e. The zero-order valence-corrected chi connectivity index (χ0v) is 18.2. The Hall–Kier alpha value is -1.70. The lowest BCUT2D eigenvalue weighted by atomic mass is 10.2. The van der Waals surface area contributed by atoms with Crippen LogP contribution < -0.4 is 14.9 Å². The molecule has 0 fully saturated rings. The van der Waals surface area contributed by atoms with Crippen molar-refractivity contribution in [2.75, 3.05) is 19.0 Å². The topological polar surface area (TPSA) is 59.9 Å². The molecule has 0 saturated carbocycles. The van der Waals surface area contributed by atoms with E-state index in [4.69, 9.17) is 21.1 Å². The normalized spacial score (nSPS) is 10.8. The van der Waals surface area contributed by atoms with E-state index in [-0.39, 0.29) is 11.7 Å². The number of halogens is 2. The number of nitrogens with one attached hydrogen (secondary N) is 1. The van der Waals surface area contributed by atoms with Crippen molar-refractivity contribution in [1.29, 1.82) is 0 Å². The van der Waals surface area contributed by atoms with E-state index in [0.717, 1.165) is 14.9 Å². The molecule has 0 aliphatic heterocycles. The second-order valence-electron chi connectivity index (χ2n) is 5.22. The summed E-state index contributed by atoms with van der Waals surface area (Å²) in [6.07, 6.45) is 1.55. The van der Waals surface area contributed by atoms with Gasteiger partial charge in [0, 0.05) is 21.5 Å². The maximum atomic E-state index is 12.0. The Morgan fingerprint density at radius 3 is 2.52 bits per heavy atom. The molecule has 1 amide bonds. The molecule has 0 radical (unpaired) electrons. The van der Waals surface area contributed by atoms with Gasteiger partial charge in [0.2, 0.25) is 5.91 Å². The molecule has 0 heterocycles. The summed E-state index contributed by atoms with van der Waals surface area (Å²) in [4.78, 5) is 12.9. The van der Waals surface area contributed by atoms with Gasteiger partial charge in [-0.3, -0.25) is 4.79 Å². The van der Waals surface area contributed by atoms with Gasteiger partial charge < -0.3 is 9.47 Å². The molecule has 5 nitrogen and oxygen atoms in total. The fourth-order valence-electron chi connectivity index (χ4n) is 2.08. The van der Waals surface area contributed by atoms with Crippen molar-refractivity contribution in [2.45, 2.75) is 18.7 Å². The van der Waals surface area contributed by atoms with Gasteiger partial charge in [0.05, 0.1) is 29.7 Å². The fraction of sp³-hybridized carbons (Fsp3) is 0.263. The lowest BCUT2D eigenvalue weighted by molar-refractivity contribution is -0.118. The van der Waals surface area contributed by atoms with E-state index < -0.39 is 0 Å². The van der Waals surface area contributed by atoms with Crippen molar-refractivity contribution in [3.63, 3.8) is 0 Å². The maximum absolute atomic E-state index is 12.0. The molecule has 2 rings (SSSR count). The number of ether oxygens (including phenoxy) is 2. The monoisotopic (exact) mass is 470 g/mol. The van der Waals surface area contributed by atoms with E-state index in [1.54, 1.807) is 24.4 Å². The first kappa shape index (κ1) is 21.6. The second kappa shape index (κ2) is 11.2. The standard InChI is InChI=1S/C19H20BrClN2O3S/c1-3-25-17-10-18(26-4-2)16(20)9-13(17)11-22-23-19(24)12-27-15-7-5-14(21)6-8-15/h5-11H,3-4,12H2,1-2H3,(H,23,24)/b22-11-. The molecule has 1 N–H and O–H groups in total. The van der Waals surface area contributed by atoms with Crippen LogP contribution in [0.1, 0.15) is 19.4 Å². The number of thioether (sulfide) groups is 1. The SMILES string of the molecule is CCOc1cc(OCC)c(/C=N\NC(=O)CSc2ccc(Cl)cc2)cc1Br. The number of hydrogen-bond acceptors (Lipinski definition) is 5. The van der Waals surface area contributed by atoms with Gasteiger partial charge in [-0.25, -0.2) is 5.43 Å². The van der Waals surface area contributed by atoms with Crippen LogP contribution in [-0.4, -0.2) is 31.1 Å². The Labute approximate surface area is 176 Å². The summed E-state index contributed by atoms with van der Waals surface area (Å²) in [7, 11) is 0. The molecule has 0 bridgehead atoms. The molecule has 144 valence electrons. The highest BCUT2D eigenvalue weighted by Gasteiger charge is 2.09. The van der Waals surface area contributed by atoms with Gasteiger partial charge in [-0.2, -0.15) is 5.10 Å². The van der Waals surface area contributed by atoms with E-state index in [0.29, 0.717) is 29.7 Å². The van der Waals surface area contributed by atoms with Gasteiger partial charge in [-0.1, -0.05) is 11.6 Å². The van der Waals surface area contributed by atoms with Crippen molar-refractivity contribution in [3.05, 3.63) is 51.5 Å². The number of rotatable bonds is 9. The van der Waals surface area contributed by atoms with E-state index in [2.05, 4.69) is 26.5 Å². The number of nitrogens with zero attached hydrogens (tertiary/aromatic N) is 1. The highest BCUT2D eigenvalue weighted by Crippen LogP contribution is 2.32.